The van der Waals surface area contributed by atoms with Gasteiger partial charge in [-0.05, 0) is 30.7 Å². The summed E-state index contributed by atoms with van der Waals surface area (Å²) in [5.41, 5.74) is 0.936. The van der Waals surface area contributed by atoms with E-state index in [0.717, 1.165) is 11.3 Å². The molecule has 1 rings (SSSR count). The molecule has 0 aliphatic heterocycles. The van der Waals surface area contributed by atoms with E-state index >= 15 is 0 Å². The van der Waals surface area contributed by atoms with E-state index in [0.29, 0.717) is 18.2 Å². The van der Waals surface area contributed by atoms with Crippen LogP contribution in [0.15, 0.2) is 18.2 Å². The van der Waals surface area contributed by atoms with E-state index in [1.54, 1.807) is 18.2 Å². The molecule has 1 N–H and O–H groups in total. The fourth-order valence-corrected chi connectivity index (χ4v) is 1.39. The van der Waals surface area contributed by atoms with Gasteiger partial charge < -0.3 is 14.7 Å². The van der Waals surface area contributed by atoms with Crippen molar-refractivity contribution in [1.82, 2.24) is 4.90 Å². The van der Waals surface area contributed by atoms with Crippen LogP contribution < -0.4 is 4.74 Å². The number of aryl methyl sites for hydroxylation is 1. The molecule has 0 atom stereocenters. The van der Waals surface area contributed by atoms with Crippen molar-refractivity contribution < 1.29 is 14.6 Å². The second-order valence-corrected chi connectivity index (χ2v) is 3.90. The zero-order valence-corrected chi connectivity index (χ0v) is 9.99. The van der Waals surface area contributed by atoms with Crippen molar-refractivity contribution in [1.29, 1.82) is 0 Å². The Hall–Kier alpha value is -1.42. The first kappa shape index (κ1) is 12.6. The summed E-state index contributed by atoms with van der Waals surface area (Å²) >= 11 is 5.80. The van der Waals surface area contributed by atoms with Crippen LogP contribution in [0.2, 0.25) is 5.02 Å². The molecule has 88 valence electrons. The number of hydrogen-bond donors (Lipinski definition) is 1. The molecule has 0 aliphatic rings. The summed E-state index contributed by atoms with van der Waals surface area (Å²) in [6.07, 6.45) is -0.962. The van der Waals surface area contributed by atoms with Crippen LogP contribution in [0.4, 0.5) is 4.79 Å². The molecule has 0 heterocycles. The first-order valence-corrected chi connectivity index (χ1v) is 5.21. The van der Waals surface area contributed by atoms with Gasteiger partial charge in [0.15, 0.2) is 0 Å². The summed E-state index contributed by atoms with van der Waals surface area (Å²) in [6, 6.07) is 5.32. The molecule has 0 bridgehead atoms. The fraction of sp³-hybridized carbons (Fsp3) is 0.364. The molecule has 5 heteroatoms. The Bertz CT molecular complexity index is 381. The summed E-state index contributed by atoms with van der Waals surface area (Å²) in [5.74, 6) is 0.725. The molecule has 1 aromatic rings. The minimum absolute atomic E-state index is 0.325. The lowest BCUT2D eigenvalue weighted by molar-refractivity contribution is 0.147. The van der Waals surface area contributed by atoms with Crippen LogP contribution in [0.3, 0.4) is 0 Å². The highest BCUT2D eigenvalue weighted by molar-refractivity contribution is 6.30. The van der Waals surface area contributed by atoms with Crippen LogP contribution >= 0.6 is 11.6 Å². The van der Waals surface area contributed by atoms with Crippen molar-refractivity contribution in [2.24, 2.45) is 0 Å². The normalized spacial score (nSPS) is 9.94. The third-order valence-electron chi connectivity index (χ3n) is 2.15. The summed E-state index contributed by atoms with van der Waals surface area (Å²) in [5, 5.41) is 9.28. The number of nitrogens with zero attached hydrogens (tertiary/aromatic N) is 1. The average Bonchev–Trinajstić information content (AvgIpc) is 2.20. The van der Waals surface area contributed by atoms with Crippen LogP contribution in [0.25, 0.3) is 0 Å². The first-order valence-electron chi connectivity index (χ1n) is 4.83. The number of halogens is 1. The number of carboxylic acid groups (broad SMARTS) is 1. The van der Waals surface area contributed by atoms with E-state index in [-0.39, 0.29) is 0 Å². The largest absolute Gasteiger partial charge is 0.491 e. The van der Waals surface area contributed by atoms with Crippen molar-refractivity contribution in [3.05, 3.63) is 28.8 Å². The Balaban J connectivity index is 2.46. The quantitative estimate of drug-likeness (QED) is 0.885. The fourth-order valence-electron chi connectivity index (χ4n) is 1.16. The van der Waals surface area contributed by atoms with Gasteiger partial charge in [0, 0.05) is 12.1 Å². The lowest BCUT2D eigenvalue weighted by Gasteiger charge is -2.14. The molecule has 16 heavy (non-hydrogen) atoms. The molecule has 0 aliphatic carbocycles. The molecule has 0 aromatic heterocycles. The van der Waals surface area contributed by atoms with Gasteiger partial charge in [-0.2, -0.15) is 0 Å². The Labute approximate surface area is 99.4 Å². The van der Waals surface area contributed by atoms with E-state index in [4.69, 9.17) is 21.4 Å². The van der Waals surface area contributed by atoms with Crippen molar-refractivity contribution >= 4 is 17.7 Å². The maximum atomic E-state index is 10.5. The van der Waals surface area contributed by atoms with Gasteiger partial charge >= 0.3 is 6.09 Å². The van der Waals surface area contributed by atoms with Gasteiger partial charge in [0.1, 0.15) is 12.4 Å². The second-order valence-electron chi connectivity index (χ2n) is 3.46. The predicted octanol–water partition coefficient (Wildman–Crippen LogP) is 2.64. The topological polar surface area (TPSA) is 49.8 Å². The number of hydrogen-bond acceptors (Lipinski definition) is 2. The zero-order valence-electron chi connectivity index (χ0n) is 9.24. The van der Waals surface area contributed by atoms with E-state index in [1.165, 1.54) is 11.9 Å². The molecular weight excluding hydrogens is 230 g/mol. The number of likely N-dealkylation sites (N-methyl/N-ethyl adjacent to an activating group) is 1. The molecule has 0 radical (unpaired) electrons. The lowest BCUT2D eigenvalue weighted by atomic mass is 10.2. The molecule has 0 unspecified atom stereocenters. The minimum atomic E-state index is -0.962. The minimum Gasteiger partial charge on any atom is -0.491 e. The number of carbonyl (C=O) groups is 1. The third-order valence-corrected chi connectivity index (χ3v) is 2.38. The van der Waals surface area contributed by atoms with E-state index in [1.807, 2.05) is 6.92 Å². The van der Waals surface area contributed by atoms with Gasteiger partial charge in [-0.25, -0.2) is 4.79 Å². The SMILES string of the molecule is Cc1cc(Cl)ccc1OCCN(C)C(=O)O. The number of benzene rings is 1. The Morgan fingerprint density at radius 3 is 2.81 bits per heavy atom. The van der Waals surface area contributed by atoms with Gasteiger partial charge in [-0.3, -0.25) is 0 Å². The van der Waals surface area contributed by atoms with Crippen LogP contribution in [0, 0.1) is 6.92 Å². The van der Waals surface area contributed by atoms with Crippen LogP contribution in [0.5, 0.6) is 5.75 Å². The third kappa shape index (κ3) is 3.62. The first-order chi connectivity index (χ1) is 7.50. The number of rotatable bonds is 4. The summed E-state index contributed by atoms with van der Waals surface area (Å²) < 4.78 is 5.45. The molecule has 0 saturated carbocycles. The van der Waals surface area contributed by atoms with Crippen LogP contribution in [-0.2, 0) is 0 Å². The highest BCUT2D eigenvalue weighted by Gasteiger charge is 2.05. The van der Waals surface area contributed by atoms with E-state index in [9.17, 15) is 4.79 Å². The van der Waals surface area contributed by atoms with Crippen LogP contribution in [-0.4, -0.2) is 36.3 Å². The van der Waals surface area contributed by atoms with Crippen molar-refractivity contribution in [3.8, 4) is 5.75 Å². The number of amides is 1. The van der Waals surface area contributed by atoms with E-state index < -0.39 is 6.09 Å². The highest BCUT2D eigenvalue weighted by Crippen LogP contribution is 2.21. The van der Waals surface area contributed by atoms with Crippen molar-refractivity contribution in [3.63, 3.8) is 0 Å². The van der Waals surface area contributed by atoms with Gasteiger partial charge in [0.25, 0.3) is 0 Å². The molecule has 1 aromatic carbocycles. The smallest absolute Gasteiger partial charge is 0.407 e. The summed E-state index contributed by atoms with van der Waals surface area (Å²) in [4.78, 5) is 11.7. The average molecular weight is 244 g/mol. The summed E-state index contributed by atoms with van der Waals surface area (Å²) in [6.45, 7) is 2.55. The van der Waals surface area contributed by atoms with E-state index in [2.05, 4.69) is 0 Å². The standard InChI is InChI=1S/C11H14ClNO3/c1-8-7-9(12)3-4-10(8)16-6-5-13(2)11(14)15/h3-4,7H,5-6H2,1-2H3,(H,14,15). The predicted molar refractivity (Wildman–Crippen MR) is 62.3 cm³/mol. The summed E-state index contributed by atoms with van der Waals surface area (Å²) in [7, 11) is 1.50. The molecule has 0 spiro atoms. The maximum Gasteiger partial charge on any atom is 0.407 e. The molecule has 4 nitrogen and oxygen atoms in total. The van der Waals surface area contributed by atoms with Crippen molar-refractivity contribution in [2.45, 2.75) is 6.92 Å². The Kier molecular flexibility index (Phi) is 4.43. The lowest BCUT2D eigenvalue weighted by Crippen LogP contribution is -2.29. The van der Waals surface area contributed by atoms with Crippen LogP contribution in [0.1, 0.15) is 5.56 Å². The molecule has 0 saturated heterocycles. The molecular formula is C11H14ClNO3. The monoisotopic (exact) mass is 243 g/mol. The van der Waals surface area contributed by atoms with Gasteiger partial charge in [0.2, 0.25) is 0 Å². The highest BCUT2D eigenvalue weighted by atomic mass is 35.5. The Morgan fingerprint density at radius 1 is 1.56 bits per heavy atom. The van der Waals surface area contributed by atoms with Crippen molar-refractivity contribution in [2.75, 3.05) is 20.2 Å². The maximum absolute atomic E-state index is 10.5. The van der Waals surface area contributed by atoms with Gasteiger partial charge in [-0.1, -0.05) is 11.6 Å². The zero-order chi connectivity index (χ0) is 12.1. The second kappa shape index (κ2) is 5.61. The van der Waals surface area contributed by atoms with Gasteiger partial charge in [0.05, 0.1) is 6.54 Å². The molecule has 0 fully saturated rings. The molecule has 1 amide bonds. The number of ether oxygens (including phenoxy) is 1. The van der Waals surface area contributed by atoms with Gasteiger partial charge in [-0.15, -0.1) is 0 Å². The Morgan fingerprint density at radius 2 is 2.25 bits per heavy atom.